The molecule has 0 radical (unpaired) electrons. The molecule has 0 aliphatic heterocycles. The fourth-order valence-corrected chi connectivity index (χ4v) is 3.11. The maximum absolute atomic E-state index is 6.25. The normalized spacial score (nSPS) is 11.8. The van der Waals surface area contributed by atoms with Gasteiger partial charge in [-0.05, 0) is 44.5 Å². The van der Waals surface area contributed by atoms with Crippen LogP contribution in [0.25, 0.3) is 11.3 Å². The highest BCUT2D eigenvalue weighted by Gasteiger charge is 2.17. The lowest BCUT2D eigenvalue weighted by Crippen LogP contribution is -2.28. The highest BCUT2D eigenvalue weighted by Crippen LogP contribution is 2.30. The predicted molar refractivity (Wildman–Crippen MR) is 114 cm³/mol. The van der Waals surface area contributed by atoms with Gasteiger partial charge in [0.25, 0.3) is 0 Å². The molecule has 29 heavy (non-hydrogen) atoms. The van der Waals surface area contributed by atoms with E-state index in [1.54, 1.807) is 14.2 Å². The van der Waals surface area contributed by atoms with Gasteiger partial charge in [-0.1, -0.05) is 30.3 Å². The van der Waals surface area contributed by atoms with Crippen molar-refractivity contribution < 1.29 is 14.2 Å². The molecule has 1 heterocycles. The van der Waals surface area contributed by atoms with Crippen LogP contribution in [0.15, 0.2) is 54.6 Å². The summed E-state index contributed by atoms with van der Waals surface area (Å²) in [6.07, 6.45) is -0.393. The van der Waals surface area contributed by atoms with E-state index >= 15 is 0 Å². The van der Waals surface area contributed by atoms with Crippen LogP contribution in [0.4, 0.5) is 0 Å². The molecule has 0 atom stereocenters. The van der Waals surface area contributed by atoms with E-state index in [1.165, 1.54) is 0 Å². The first-order chi connectivity index (χ1) is 13.9. The average molecular weight is 396 g/mol. The molecular weight excluding hydrogens is 366 g/mol. The van der Waals surface area contributed by atoms with Gasteiger partial charge in [-0.3, -0.25) is 0 Å². The molecular formula is C23H29N3O3. The first-order valence-electron chi connectivity index (χ1n) is 9.66. The van der Waals surface area contributed by atoms with Gasteiger partial charge >= 0.3 is 0 Å². The zero-order valence-electron chi connectivity index (χ0n) is 17.7. The molecule has 6 nitrogen and oxygen atoms in total. The van der Waals surface area contributed by atoms with Crippen LogP contribution in [0.2, 0.25) is 0 Å². The van der Waals surface area contributed by atoms with Crippen molar-refractivity contribution in [2.75, 3.05) is 14.2 Å². The van der Waals surface area contributed by atoms with Crippen LogP contribution < -0.4 is 10.5 Å². The van der Waals surface area contributed by atoms with Crippen LogP contribution in [0, 0.1) is 0 Å². The summed E-state index contributed by atoms with van der Waals surface area (Å²) in [5, 5.41) is 4.70. The fraction of sp³-hybridized carbons (Fsp3) is 0.348. The zero-order chi connectivity index (χ0) is 21.0. The molecule has 6 heteroatoms. The number of ether oxygens (including phenoxy) is 3. The van der Waals surface area contributed by atoms with Gasteiger partial charge in [0.05, 0.1) is 5.69 Å². The van der Waals surface area contributed by atoms with Crippen LogP contribution >= 0.6 is 0 Å². The van der Waals surface area contributed by atoms with E-state index in [-0.39, 0.29) is 0 Å². The minimum atomic E-state index is -0.410. The summed E-state index contributed by atoms with van der Waals surface area (Å²) in [4.78, 5) is 0. The summed E-state index contributed by atoms with van der Waals surface area (Å²) in [6.45, 7) is 6.72. The molecule has 3 rings (SSSR count). The second-order valence-electron chi connectivity index (χ2n) is 7.46. The number of hydrogen-bond acceptors (Lipinski definition) is 5. The van der Waals surface area contributed by atoms with Gasteiger partial charge in [0.2, 0.25) is 5.88 Å². The van der Waals surface area contributed by atoms with Gasteiger partial charge < -0.3 is 19.9 Å². The number of nitrogens with two attached hydrogens (primary N) is 1. The topological polar surface area (TPSA) is 71.5 Å². The number of benzene rings is 2. The van der Waals surface area contributed by atoms with E-state index in [0.29, 0.717) is 12.4 Å². The summed E-state index contributed by atoms with van der Waals surface area (Å²) in [5.74, 6) is 1.40. The maximum atomic E-state index is 6.25. The van der Waals surface area contributed by atoms with E-state index < -0.39 is 11.8 Å². The quantitative estimate of drug-likeness (QED) is 0.552. The van der Waals surface area contributed by atoms with Crippen molar-refractivity contribution in [3.63, 3.8) is 0 Å². The molecule has 2 aromatic carbocycles. The molecule has 1 aromatic heterocycles. The Bertz CT molecular complexity index is 939. The third-order valence-electron chi connectivity index (χ3n) is 4.75. The molecule has 0 amide bonds. The standard InChI is InChI=1S/C23H29N3O3/c1-6-26-21(29-19-12-10-16(11-13-19)22(27-4)28-5)15-20(25-26)17-8-7-9-18(14-17)23(2,3)24/h7-15,22H,6,24H2,1-5H3. The molecule has 154 valence electrons. The van der Waals surface area contributed by atoms with Crippen molar-refractivity contribution in [2.24, 2.45) is 5.73 Å². The van der Waals surface area contributed by atoms with Crippen molar-refractivity contribution >= 4 is 0 Å². The molecule has 0 saturated carbocycles. The second kappa shape index (κ2) is 8.78. The van der Waals surface area contributed by atoms with Crippen molar-refractivity contribution in [1.82, 2.24) is 9.78 Å². The van der Waals surface area contributed by atoms with Gasteiger partial charge in [-0.2, -0.15) is 5.10 Å². The Morgan fingerprint density at radius 3 is 2.31 bits per heavy atom. The van der Waals surface area contributed by atoms with Crippen molar-refractivity contribution in [1.29, 1.82) is 0 Å². The predicted octanol–water partition coefficient (Wildman–Crippen LogP) is 4.85. The van der Waals surface area contributed by atoms with Crippen LogP contribution in [0.5, 0.6) is 11.6 Å². The first kappa shape index (κ1) is 21.0. The summed E-state index contributed by atoms with van der Waals surface area (Å²) < 4.78 is 18.5. The molecule has 0 bridgehead atoms. The number of aromatic nitrogens is 2. The van der Waals surface area contributed by atoms with E-state index in [9.17, 15) is 0 Å². The van der Waals surface area contributed by atoms with Crippen molar-refractivity contribution in [3.8, 4) is 22.9 Å². The van der Waals surface area contributed by atoms with Gasteiger partial charge in [0.1, 0.15) is 5.75 Å². The van der Waals surface area contributed by atoms with Crippen LogP contribution in [0.1, 0.15) is 38.2 Å². The molecule has 3 aromatic rings. The number of hydrogen-bond donors (Lipinski definition) is 1. The lowest BCUT2D eigenvalue weighted by Gasteiger charge is -2.19. The van der Waals surface area contributed by atoms with Gasteiger partial charge in [0, 0.05) is 43.5 Å². The van der Waals surface area contributed by atoms with Gasteiger partial charge in [-0.25, -0.2) is 4.68 Å². The van der Waals surface area contributed by atoms with E-state index in [1.807, 2.05) is 74.0 Å². The molecule has 0 fully saturated rings. The molecule has 2 N–H and O–H groups in total. The van der Waals surface area contributed by atoms with Crippen LogP contribution in [0.3, 0.4) is 0 Å². The average Bonchev–Trinajstić information content (AvgIpc) is 3.12. The Kier molecular flexibility index (Phi) is 6.37. The molecule has 0 aliphatic carbocycles. The Morgan fingerprint density at radius 2 is 1.72 bits per heavy atom. The summed E-state index contributed by atoms with van der Waals surface area (Å²) in [6, 6.07) is 17.7. The SMILES string of the molecule is CCn1nc(-c2cccc(C(C)(C)N)c2)cc1Oc1ccc(C(OC)OC)cc1. The van der Waals surface area contributed by atoms with Gasteiger partial charge in [-0.15, -0.1) is 0 Å². The van der Waals surface area contributed by atoms with Gasteiger partial charge in [0.15, 0.2) is 6.29 Å². The largest absolute Gasteiger partial charge is 0.439 e. The number of rotatable bonds is 8. The Balaban J connectivity index is 1.86. The van der Waals surface area contributed by atoms with Crippen LogP contribution in [-0.4, -0.2) is 24.0 Å². The Hall–Kier alpha value is -2.67. The lowest BCUT2D eigenvalue weighted by molar-refractivity contribution is -0.106. The fourth-order valence-electron chi connectivity index (χ4n) is 3.11. The number of aryl methyl sites for hydroxylation is 1. The summed E-state index contributed by atoms with van der Waals surface area (Å²) >= 11 is 0. The van der Waals surface area contributed by atoms with Crippen molar-refractivity contribution in [3.05, 3.63) is 65.7 Å². The summed E-state index contributed by atoms with van der Waals surface area (Å²) in [7, 11) is 3.22. The van der Waals surface area contributed by atoms with E-state index in [4.69, 9.17) is 25.0 Å². The minimum absolute atomic E-state index is 0.393. The number of nitrogens with zero attached hydrogens (tertiary/aromatic N) is 2. The second-order valence-corrected chi connectivity index (χ2v) is 7.46. The van der Waals surface area contributed by atoms with Crippen LogP contribution in [-0.2, 0) is 21.6 Å². The summed E-state index contributed by atoms with van der Waals surface area (Å²) in [5.41, 5.74) is 9.69. The number of methoxy groups -OCH3 is 2. The molecule has 0 unspecified atom stereocenters. The Morgan fingerprint density at radius 1 is 1.03 bits per heavy atom. The smallest absolute Gasteiger partial charge is 0.218 e. The first-order valence-corrected chi connectivity index (χ1v) is 9.66. The molecule has 0 saturated heterocycles. The van der Waals surface area contributed by atoms with Crippen molar-refractivity contribution in [2.45, 2.75) is 39.1 Å². The third-order valence-corrected chi connectivity index (χ3v) is 4.75. The van der Waals surface area contributed by atoms with E-state index in [2.05, 4.69) is 6.07 Å². The van der Waals surface area contributed by atoms with E-state index in [0.717, 1.165) is 28.1 Å². The highest BCUT2D eigenvalue weighted by atomic mass is 16.7. The minimum Gasteiger partial charge on any atom is -0.439 e. The highest BCUT2D eigenvalue weighted by molar-refractivity contribution is 5.62. The Labute approximate surface area is 172 Å². The molecule has 0 aliphatic rings. The molecule has 0 spiro atoms. The zero-order valence-corrected chi connectivity index (χ0v) is 17.7. The maximum Gasteiger partial charge on any atom is 0.218 e. The lowest BCUT2D eigenvalue weighted by atomic mass is 9.93. The third kappa shape index (κ3) is 4.85. The monoisotopic (exact) mass is 395 g/mol.